The lowest BCUT2D eigenvalue weighted by Gasteiger charge is -2.22. The smallest absolute Gasteiger partial charge is 0.183 e. The van der Waals surface area contributed by atoms with Crippen molar-refractivity contribution in [3.63, 3.8) is 0 Å². The second-order valence-corrected chi connectivity index (χ2v) is 8.49. The van der Waals surface area contributed by atoms with Crippen molar-refractivity contribution in [3.05, 3.63) is 23.2 Å². The van der Waals surface area contributed by atoms with E-state index >= 15 is 0 Å². The van der Waals surface area contributed by atoms with Crippen LogP contribution >= 0.6 is 11.6 Å². The monoisotopic (exact) mass is 329 g/mol. The van der Waals surface area contributed by atoms with Gasteiger partial charge in [-0.1, -0.05) is 11.6 Å². The number of nitrogens with zero attached hydrogens (tertiary/aromatic N) is 4. The van der Waals surface area contributed by atoms with E-state index in [0.717, 1.165) is 0 Å². The summed E-state index contributed by atoms with van der Waals surface area (Å²) >= 11 is 6.14. The van der Waals surface area contributed by atoms with Crippen LogP contribution in [0.4, 0.5) is 5.69 Å². The molecule has 2 aromatic rings. The predicted molar refractivity (Wildman–Crippen MR) is 81.6 cm³/mol. The molecule has 2 N–H and O–H groups in total. The minimum atomic E-state index is -3.27. The molecule has 0 amide bonds. The molecule has 0 unspecified atom stereocenters. The number of benzene rings is 1. The van der Waals surface area contributed by atoms with Crippen LogP contribution in [-0.2, 0) is 16.4 Å². The van der Waals surface area contributed by atoms with Crippen molar-refractivity contribution in [2.24, 2.45) is 0 Å². The molecule has 1 aromatic heterocycles. The first-order valence-corrected chi connectivity index (χ1v) is 8.40. The van der Waals surface area contributed by atoms with Crippen LogP contribution in [0.3, 0.4) is 0 Å². The largest absolute Gasteiger partial charge is 0.399 e. The highest BCUT2D eigenvalue weighted by Crippen LogP contribution is 2.29. The summed E-state index contributed by atoms with van der Waals surface area (Å²) < 4.78 is 24.0. The highest BCUT2D eigenvalue weighted by Gasteiger charge is 2.32. The van der Waals surface area contributed by atoms with E-state index in [0.29, 0.717) is 22.1 Å². The summed E-state index contributed by atoms with van der Waals surface area (Å²) in [7, 11) is -3.27. The van der Waals surface area contributed by atoms with Crippen molar-refractivity contribution < 1.29 is 8.42 Å². The number of aromatic nitrogens is 4. The average molecular weight is 330 g/mol. The van der Waals surface area contributed by atoms with Gasteiger partial charge in [0.15, 0.2) is 15.7 Å². The molecule has 1 heterocycles. The molecule has 0 saturated carbocycles. The molecule has 9 heteroatoms. The van der Waals surface area contributed by atoms with Gasteiger partial charge in [0.1, 0.15) is 0 Å². The zero-order valence-electron chi connectivity index (χ0n) is 11.9. The van der Waals surface area contributed by atoms with Gasteiger partial charge in [0.25, 0.3) is 0 Å². The topological polar surface area (TPSA) is 104 Å². The van der Waals surface area contributed by atoms with Gasteiger partial charge in [-0.05, 0) is 42.5 Å². The minimum absolute atomic E-state index is 0.110. The molecule has 21 heavy (non-hydrogen) atoms. The van der Waals surface area contributed by atoms with Crippen molar-refractivity contribution in [2.45, 2.75) is 25.1 Å². The Bertz CT molecular complexity index is 770. The summed E-state index contributed by atoms with van der Waals surface area (Å²) in [4.78, 5) is 0. The lowest BCUT2D eigenvalue weighted by atomic mass is 10.1. The number of sulfone groups is 1. The van der Waals surface area contributed by atoms with Gasteiger partial charge in [0, 0.05) is 17.5 Å². The number of halogens is 1. The van der Waals surface area contributed by atoms with Crippen molar-refractivity contribution in [1.82, 2.24) is 20.2 Å². The Balaban J connectivity index is 2.47. The fourth-order valence-corrected chi connectivity index (χ4v) is 2.26. The molecule has 0 fully saturated rings. The fraction of sp³-hybridized carbons (Fsp3) is 0.417. The van der Waals surface area contributed by atoms with Crippen LogP contribution in [0.15, 0.2) is 18.2 Å². The lowest BCUT2D eigenvalue weighted by Crippen LogP contribution is -2.36. The zero-order chi connectivity index (χ0) is 15.8. The Hall–Kier alpha value is -1.67. The first-order chi connectivity index (χ1) is 9.62. The van der Waals surface area contributed by atoms with E-state index in [4.69, 9.17) is 17.3 Å². The molecular formula is C12H16ClN5O2S. The number of hydrogen-bond donors (Lipinski definition) is 1. The van der Waals surface area contributed by atoms with Crippen LogP contribution in [-0.4, -0.2) is 39.6 Å². The summed E-state index contributed by atoms with van der Waals surface area (Å²) in [6.07, 6.45) is 1.19. The first kappa shape index (κ1) is 15.7. The van der Waals surface area contributed by atoms with Gasteiger partial charge in [-0.25, -0.2) is 13.1 Å². The Kier molecular flexibility index (Phi) is 3.94. The van der Waals surface area contributed by atoms with E-state index in [1.165, 1.54) is 10.9 Å². The maximum Gasteiger partial charge on any atom is 0.183 e. The number of hydrogen-bond acceptors (Lipinski definition) is 6. The second kappa shape index (κ2) is 5.27. The van der Waals surface area contributed by atoms with Crippen LogP contribution < -0.4 is 5.73 Å². The van der Waals surface area contributed by atoms with E-state index in [1.54, 1.807) is 32.0 Å². The van der Waals surface area contributed by atoms with Crippen molar-refractivity contribution in [1.29, 1.82) is 0 Å². The summed E-state index contributed by atoms with van der Waals surface area (Å²) in [5, 5.41) is 11.8. The molecule has 0 bridgehead atoms. The molecule has 0 spiro atoms. The van der Waals surface area contributed by atoms with E-state index < -0.39 is 14.6 Å². The number of nitrogens with two attached hydrogens (primary N) is 1. The summed E-state index contributed by atoms with van der Waals surface area (Å²) in [6.45, 7) is 3.35. The Morgan fingerprint density at radius 1 is 1.38 bits per heavy atom. The van der Waals surface area contributed by atoms with Gasteiger partial charge >= 0.3 is 0 Å². The molecule has 1 aromatic carbocycles. The molecule has 0 atom stereocenters. The van der Waals surface area contributed by atoms with Crippen LogP contribution in [0.1, 0.15) is 13.8 Å². The first-order valence-electron chi connectivity index (χ1n) is 6.13. The maximum atomic E-state index is 11.8. The van der Waals surface area contributed by atoms with Gasteiger partial charge in [-0.15, -0.1) is 5.10 Å². The van der Waals surface area contributed by atoms with Crippen molar-refractivity contribution in [2.75, 3.05) is 12.0 Å². The van der Waals surface area contributed by atoms with E-state index in [1.807, 2.05) is 0 Å². The molecule has 0 aliphatic heterocycles. The number of tetrazole rings is 1. The lowest BCUT2D eigenvalue weighted by molar-refractivity contribution is 0.471. The molecule has 0 aliphatic rings. The molecule has 7 nitrogen and oxygen atoms in total. The van der Waals surface area contributed by atoms with Gasteiger partial charge in [0.2, 0.25) is 0 Å². The van der Waals surface area contributed by atoms with Crippen LogP contribution in [0.2, 0.25) is 5.02 Å². The SMILES string of the molecule is CC(C)(Cn1nnnc1-c1cc(N)ccc1Cl)S(C)(=O)=O. The molecule has 0 radical (unpaired) electrons. The summed E-state index contributed by atoms with van der Waals surface area (Å²) in [5.74, 6) is 0.379. The zero-order valence-corrected chi connectivity index (χ0v) is 13.5. The standard InChI is InChI=1S/C12H16ClN5O2S/c1-12(2,21(3,19)20)7-18-11(15-16-17-18)9-6-8(14)4-5-10(9)13/h4-6H,7,14H2,1-3H3. The Morgan fingerprint density at radius 3 is 2.67 bits per heavy atom. The number of nitrogen functional groups attached to an aromatic ring is 1. The molecular weight excluding hydrogens is 314 g/mol. The fourth-order valence-electron chi connectivity index (χ4n) is 1.70. The molecule has 0 saturated heterocycles. The summed E-state index contributed by atoms with van der Waals surface area (Å²) in [5.41, 5.74) is 6.83. The average Bonchev–Trinajstić information content (AvgIpc) is 2.78. The molecule has 2 rings (SSSR count). The van der Waals surface area contributed by atoms with Crippen molar-refractivity contribution >= 4 is 27.1 Å². The van der Waals surface area contributed by atoms with E-state index in [9.17, 15) is 8.42 Å². The van der Waals surface area contributed by atoms with Gasteiger partial charge < -0.3 is 5.73 Å². The van der Waals surface area contributed by atoms with Crippen LogP contribution in [0.5, 0.6) is 0 Å². The van der Waals surface area contributed by atoms with Gasteiger partial charge in [-0.2, -0.15) is 0 Å². The third kappa shape index (κ3) is 3.16. The second-order valence-electron chi connectivity index (χ2n) is 5.43. The third-order valence-electron chi connectivity index (χ3n) is 3.30. The molecule has 114 valence electrons. The van der Waals surface area contributed by atoms with Crippen LogP contribution in [0, 0.1) is 0 Å². The van der Waals surface area contributed by atoms with E-state index in [-0.39, 0.29) is 6.54 Å². The minimum Gasteiger partial charge on any atom is -0.399 e. The Morgan fingerprint density at radius 2 is 2.05 bits per heavy atom. The van der Waals surface area contributed by atoms with Crippen LogP contribution in [0.25, 0.3) is 11.4 Å². The van der Waals surface area contributed by atoms with E-state index in [2.05, 4.69) is 15.5 Å². The number of rotatable bonds is 4. The quantitative estimate of drug-likeness (QED) is 0.850. The third-order valence-corrected chi connectivity index (χ3v) is 5.76. The highest BCUT2D eigenvalue weighted by molar-refractivity contribution is 7.92. The van der Waals surface area contributed by atoms with Gasteiger partial charge in [-0.3, -0.25) is 0 Å². The summed E-state index contributed by atoms with van der Waals surface area (Å²) in [6, 6.07) is 4.96. The maximum absolute atomic E-state index is 11.8. The predicted octanol–water partition coefficient (Wildman–Crippen LogP) is 1.40. The normalized spacial score (nSPS) is 12.6. The Labute approximate surface area is 128 Å². The molecule has 0 aliphatic carbocycles. The van der Waals surface area contributed by atoms with Gasteiger partial charge in [0.05, 0.1) is 16.3 Å². The highest BCUT2D eigenvalue weighted by atomic mass is 35.5. The van der Waals surface area contributed by atoms with Crippen molar-refractivity contribution in [3.8, 4) is 11.4 Å². The number of anilines is 1.